The van der Waals surface area contributed by atoms with Crippen molar-refractivity contribution >= 4 is 29.4 Å². The van der Waals surface area contributed by atoms with E-state index in [0.29, 0.717) is 23.3 Å². The van der Waals surface area contributed by atoms with Gasteiger partial charge in [0.05, 0.1) is 24.1 Å². The molecular weight excluding hydrogens is 409 g/mol. The van der Waals surface area contributed by atoms with Gasteiger partial charge < -0.3 is 14.6 Å². The van der Waals surface area contributed by atoms with Crippen LogP contribution in [0.5, 0.6) is 5.75 Å². The van der Waals surface area contributed by atoms with E-state index in [9.17, 15) is 14.0 Å². The molecule has 3 rings (SSSR count). The fraction of sp³-hybridized carbons (Fsp3) is 0.200. The predicted molar refractivity (Wildman–Crippen MR) is 112 cm³/mol. The molecule has 0 fully saturated rings. The van der Waals surface area contributed by atoms with Crippen LogP contribution in [0.25, 0.3) is 11.4 Å². The summed E-state index contributed by atoms with van der Waals surface area (Å²) < 4.78 is 20.8. The van der Waals surface area contributed by atoms with E-state index in [1.165, 1.54) is 18.2 Å². The number of aromatic nitrogens is 3. The SMILES string of the molecule is CCn1c(SCC(=O)NC(=O)Nc2ccccc2F)nnc1-c1ccccc1OC. The van der Waals surface area contributed by atoms with Gasteiger partial charge in [0.25, 0.3) is 0 Å². The highest BCUT2D eigenvalue weighted by Gasteiger charge is 2.18. The van der Waals surface area contributed by atoms with Crippen molar-refractivity contribution in [1.82, 2.24) is 20.1 Å². The van der Waals surface area contributed by atoms with Crippen LogP contribution in [0.3, 0.4) is 0 Å². The number of imide groups is 1. The molecule has 0 saturated carbocycles. The van der Waals surface area contributed by atoms with Crippen LogP contribution in [0.4, 0.5) is 14.9 Å². The minimum Gasteiger partial charge on any atom is -0.496 e. The predicted octanol–water partition coefficient (Wildman–Crippen LogP) is 3.55. The van der Waals surface area contributed by atoms with Gasteiger partial charge >= 0.3 is 6.03 Å². The quantitative estimate of drug-likeness (QED) is 0.558. The summed E-state index contributed by atoms with van der Waals surface area (Å²) in [5, 5.41) is 13.4. The Kier molecular flexibility index (Phi) is 7.02. The summed E-state index contributed by atoms with van der Waals surface area (Å²) in [6, 6.07) is 12.3. The molecule has 0 atom stereocenters. The van der Waals surface area contributed by atoms with Crippen LogP contribution in [-0.2, 0) is 11.3 Å². The first-order valence-electron chi connectivity index (χ1n) is 9.08. The third-order valence-electron chi connectivity index (χ3n) is 4.09. The number of carbonyl (C=O) groups is 2. The minimum atomic E-state index is -0.808. The number of rotatable bonds is 7. The van der Waals surface area contributed by atoms with Gasteiger partial charge in [-0.05, 0) is 31.2 Å². The van der Waals surface area contributed by atoms with Crippen LogP contribution in [0.1, 0.15) is 6.92 Å². The van der Waals surface area contributed by atoms with Crippen molar-refractivity contribution in [3.63, 3.8) is 0 Å². The van der Waals surface area contributed by atoms with E-state index in [1.807, 2.05) is 35.8 Å². The van der Waals surface area contributed by atoms with Crippen LogP contribution in [-0.4, -0.2) is 39.6 Å². The molecule has 0 aliphatic heterocycles. The smallest absolute Gasteiger partial charge is 0.325 e. The first-order chi connectivity index (χ1) is 14.5. The average molecular weight is 429 g/mol. The van der Waals surface area contributed by atoms with E-state index in [-0.39, 0.29) is 11.4 Å². The van der Waals surface area contributed by atoms with Crippen molar-refractivity contribution in [2.24, 2.45) is 0 Å². The zero-order valence-electron chi connectivity index (χ0n) is 16.4. The van der Waals surface area contributed by atoms with Gasteiger partial charge in [0.2, 0.25) is 5.91 Å². The number of carbonyl (C=O) groups excluding carboxylic acids is 2. The van der Waals surface area contributed by atoms with Crippen LogP contribution in [0.15, 0.2) is 53.7 Å². The van der Waals surface area contributed by atoms with E-state index in [0.717, 1.165) is 17.3 Å². The number of halogens is 1. The lowest BCUT2D eigenvalue weighted by atomic mass is 10.2. The largest absolute Gasteiger partial charge is 0.496 e. The molecule has 2 N–H and O–H groups in total. The number of benzene rings is 2. The molecule has 0 spiro atoms. The molecule has 0 bridgehead atoms. The number of methoxy groups -OCH3 is 1. The lowest BCUT2D eigenvalue weighted by Crippen LogP contribution is -2.35. The van der Waals surface area contributed by atoms with Crippen molar-refractivity contribution in [1.29, 1.82) is 0 Å². The first kappa shape index (κ1) is 21.3. The number of amides is 3. The van der Waals surface area contributed by atoms with Crippen LogP contribution in [0, 0.1) is 5.82 Å². The molecule has 0 unspecified atom stereocenters. The van der Waals surface area contributed by atoms with Gasteiger partial charge in [0, 0.05) is 6.54 Å². The van der Waals surface area contributed by atoms with E-state index in [4.69, 9.17) is 4.74 Å². The van der Waals surface area contributed by atoms with Crippen molar-refractivity contribution in [2.75, 3.05) is 18.2 Å². The van der Waals surface area contributed by atoms with Gasteiger partial charge in [-0.1, -0.05) is 36.0 Å². The molecule has 2 aromatic carbocycles. The molecule has 1 heterocycles. The highest BCUT2D eigenvalue weighted by molar-refractivity contribution is 7.99. The average Bonchev–Trinajstić information content (AvgIpc) is 3.16. The number of nitrogens with zero attached hydrogens (tertiary/aromatic N) is 3. The second-order valence-corrected chi connectivity index (χ2v) is 6.96. The Morgan fingerprint density at radius 1 is 1.13 bits per heavy atom. The minimum absolute atomic E-state index is 0.0115. The van der Waals surface area contributed by atoms with Gasteiger partial charge in [0.15, 0.2) is 11.0 Å². The Balaban J connectivity index is 1.63. The summed E-state index contributed by atoms with van der Waals surface area (Å²) in [4.78, 5) is 24.0. The number of thioether (sulfide) groups is 1. The van der Waals surface area contributed by atoms with Crippen LogP contribution >= 0.6 is 11.8 Å². The van der Waals surface area contributed by atoms with E-state index in [2.05, 4.69) is 20.8 Å². The Morgan fingerprint density at radius 2 is 1.87 bits per heavy atom. The zero-order chi connectivity index (χ0) is 21.5. The second-order valence-electron chi connectivity index (χ2n) is 6.02. The molecule has 1 aromatic heterocycles. The number of nitrogens with one attached hydrogen (secondary N) is 2. The number of hydrogen-bond donors (Lipinski definition) is 2. The van der Waals surface area contributed by atoms with Gasteiger partial charge in [-0.3, -0.25) is 10.1 Å². The Hall–Kier alpha value is -3.40. The number of para-hydroxylation sites is 2. The van der Waals surface area contributed by atoms with Crippen molar-refractivity contribution < 1.29 is 18.7 Å². The summed E-state index contributed by atoms with van der Waals surface area (Å²) in [6.07, 6.45) is 0. The lowest BCUT2D eigenvalue weighted by molar-refractivity contribution is -0.117. The molecule has 0 aliphatic carbocycles. The Bertz CT molecular complexity index is 1060. The summed E-state index contributed by atoms with van der Waals surface area (Å²) in [7, 11) is 1.58. The third-order valence-corrected chi connectivity index (χ3v) is 5.06. The summed E-state index contributed by atoms with van der Waals surface area (Å²) >= 11 is 1.14. The lowest BCUT2D eigenvalue weighted by Gasteiger charge is -2.10. The maximum absolute atomic E-state index is 13.6. The number of anilines is 1. The fourth-order valence-corrected chi connectivity index (χ4v) is 3.52. The normalized spacial score (nSPS) is 10.5. The fourth-order valence-electron chi connectivity index (χ4n) is 2.72. The van der Waals surface area contributed by atoms with Crippen molar-refractivity contribution in [3.8, 4) is 17.1 Å². The van der Waals surface area contributed by atoms with Gasteiger partial charge in [-0.15, -0.1) is 10.2 Å². The number of urea groups is 1. The standard InChI is InChI=1S/C20H20FN5O3S/c1-3-26-18(13-8-4-7-11-16(13)29-2)24-25-20(26)30-12-17(27)23-19(28)22-15-10-6-5-9-14(15)21/h4-11H,3,12H2,1-2H3,(H2,22,23,27,28). The van der Waals surface area contributed by atoms with Gasteiger partial charge in [-0.25, -0.2) is 9.18 Å². The highest BCUT2D eigenvalue weighted by Crippen LogP contribution is 2.30. The van der Waals surface area contributed by atoms with E-state index < -0.39 is 17.8 Å². The molecule has 8 nitrogen and oxygen atoms in total. The molecule has 0 aliphatic rings. The summed E-state index contributed by atoms with van der Waals surface area (Å²) in [5.41, 5.74) is 0.776. The molecule has 0 saturated heterocycles. The molecule has 156 valence electrons. The van der Waals surface area contributed by atoms with Gasteiger partial charge in [-0.2, -0.15) is 0 Å². The number of ether oxygens (including phenoxy) is 1. The molecular formula is C20H20FN5O3S. The Morgan fingerprint density at radius 3 is 2.60 bits per heavy atom. The number of hydrogen-bond acceptors (Lipinski definition) is 6. The monoisotopic (exact) mass is 429 g/mol. The third kappa shape index (κ3) is 4.95. The van der Waals surface area contributed by atoms with Gasteiger partial charge in [0.1, 0.15) is 11.6 Å². The molecule has 0 radical (unpaired) electrons. The zero-order valence-corrected chi connectivity index (χ0v) is 17.2. The van der Waals surface area contributed by atoms with Crippen molar-refractivity contribution in [2.45, 2.75) is 18.6 Å². The van der Waals surface area contributed by atoms with Crippen molar-refractivity contribution in [3.05, 3.63) is 54.3 Å². The molecule has 30 heavy (non-hydrogen) atoms. The second kappa shape index (κ2) is 9.88. The highest BCUT2D eigenvalue weighted by atomic mass is 32.2. The Labute approximate surface area is 176 Å². The van der Waals surface area contributed by atoms with E-state index in [1.54, 1.807) is 13.2 Å². The maximum atomic E-state index is 13.6. The molecule has 10 heteroatoms. The topological polar surface area (TPSA) is 98.1 Å². The van der Waals surface area contributed by atoms with E-state index >= 15 is 0 Å². The molecule has 3 aromatic rings. The summed E-state index contributed by atoms with van der Waals surface area (Å²) in [5.74, 6) is 0.0935. The summed E-state index contributed by atoms with van der Waals surface area (Å²) in [6.45, 7) is 2.52. The maximum Gasteiger partial charge on any atom is 0.325 e. The first-order valence-corrected chi connectivity index (χ1v) is 10.1. The van der Waals surface area contributed by atoms with Crippen LogP contribution in [0.2, 0.25) is 0 Å². The molecule has 3 amide bonds. The van der Waals surface area contributed by atoms with Crippen LogP contribution < -0.4 is 15.4 Å².